The number of likely N-dealkylation sites (tertiary alicyclic amines) is 1. The summed E-state index contributed by atoms with van der Waals surface area (Å²) >= 11 is 0. The van der Waals surface area contributed by atoms with Gasteiger partial charge in [0.25, 0.3) is 11.8 Å². The summed E-state index contributed by atoms with van der Waals surface area (Å²) < 4.78 is 15.9. The maximum absolute atomic E-state index is 12.1. The van der Waals surface area contributed by atoms with Crippen LogP contribution in [-0.2, 0) is 14.4 Å². The average Bonchev–Trinajstić information content (AvgIpc) is 2.90. The molecule has 3 N–H and O–H groups in total. The maximum Gasteiger partial charge on any atom is 0.259 e. The minimum Gasteiger partial charge on any atom is -0.493 e. The second-order valence-electron chi connectivity index (χ2n) is 6.43. The topological polar surface area (TPSA) is 133 Å². The first-order valence-electron chi connectivity index (χ1n) is 9.21. The van der Waals surface area contributed by atoms with E-state index >= 15 is 0 Å². The van der Waals surface area contributed by atoms with Gasteiger partial charge in [-0.1, -0.05) is 6.42 Å². The Kier molecular flexibility index (Phi) is 8.26. The number of carbonyl (C=O) groups excluding carboxylic acids is 3. The number of methoxy groups -OCH3 is 2. The molecular weight excluding hydrogens is 380 g/mol. The number of amides is 3. The number of benzene rings is 1. The summed E-state index contributed by atoms with van der Waals surface area (Å²) in [5.41, 5.74) is 8.08. The van der Waals surface area contributed by atoms with Crippen molar-refractivity contribution in [3.63, 3.8) is 0 Å². The fraction of sp³-hybridized carbons (Fsp3) is 0.474. The molecule has 0 aromatic heterocycles. The molecule has 1 heterocycles. The van der Waals surface area contributed by atoms with E-state index in [0.29, 0.717) is 30.0 Å². The highest BCUT2D eigenvalue weighted by molar-refractivity contribution is 5.87. The van der Waals surface area contributed by atoms with Crippen LogP contribution in [0.1, 0.15) is 31.2 Å². The fourth-order valence-electron chi connectivity index (χ4n) is 2.85. The largest absolute Gasteiger partial charge is 0.493 e. The monoisotopic (exact) mass is 406 g/mol. The fourth-order valence-corrected chi connectivity index (χ4v) is 2.85. The van der Waals surface area contributed by atoms with E-state index < -0.39 is 5.91 Å². The highest BCUT2D eigenvalue weighted by Gasteiger charge is 2.19. The number of nitrogens with zero attached hydrogens (tertiary/aromatic N) is 2. The molecule has 0 unspecified atom stereocenters. The Bertz CT molecular complexity index is 755. The number of ether oxygens (including phenoxy) is 3. The van der Waals surface area contributed by atoms with E-state index in [1.54, 1.807) is 17.0 Å². The first-order chi connectivity index (χ1) is 13.9. The van der Waals surface area contributed by atoms with Crippen molar-refractivity contribution in [1.82, 2.24) is 10.3 Å². The molecule has 158 valence electrons. The number of nitrogens with two attached hydrogens (primary N) is 1. The molecule has 2 rings (SSSR count). The van der Waals surface area contributed by atoms with E-state index in [-0.39, 0.29) is 30.7 Å². The van der Waals surface area contributed by atoms with Gasteiger partial charge >= 0.3 is 0 Å². The van der Waals surface area contributed by atoms with E-state index in [9.17, 15) is 14.4 Å². The summed E-state index contributed by atoms with van der Waals surface area (Å²) in [5.74, 6) is -0.165. The Morgan fingerprint density at radius 2 is 1.90 bits per heavy atom. The second-order valence-corrected chi connectivity index (χ2v) is 6.43. The van der Waals surface area contributed by atoms with E-state index in [0.717, 1.165) is 19.3 Å². The molecule has 0 atom stereocenters. The van der Waals surface area contributed by atoms with Crippen LogP contribution in [0.5, 0.6) is 17.2 Å². The lowest BCUT2D eigenvalue weighted by molar-refractivity contribution is -0.135. The van der Waals surface area contributed by atoms with E-state index in [1.165, 1.54) is 20.4 Å². The van der Waals surface area contributed by atoms with E-state index in [2.05, 4.69) is 10.5 Å². The summed E-state index contributed by atoms with van der Waals surface area (Å²) in [4.78, 5) is 36.5. The molecule has 1 aliphatic rings. The molecule has 3 amide bonds. The zero-order chi connectivity index (χ0) is 21.2. The van der Waals surface area contributed by atoms with Crippen LogP contribution < -0.4 is 25.4 Å². The Labute approximate surface area is 169 Å². The minimum absolute atomic E-state index is 0.0114. The molecule has 10 heteroatoms. The maximum atomic E-state index is 12.1. The van der Waals surface area contributed by atoms with Crippen molar-refractivity contribution >= 4 is 23.9 Å². The minimum atomic E-state index is -0.634. The zero-order valence-electron chi connectivity index (χ0n) is 16.6. The molecule has 29 heavy (non-hydrogen) atoms. The Morgan fingerprint density at radius 1 is 1.21 bits per heavy atom. The third-order valence-corrected chi connectivity index (χ3v) is 4.25. The molecule has 1 fully saturated rings. The lowest BCUT2D eigenvalue weighted by atomic mass is 10.2. The van der Waals surface area contributed by atoms with Crippen molar-refractivity contribution in [3.05, 3.63) is 17.7 Å². The Hall–Kier alpha value is -3.30. The zero-order valence-corrected chi connectivity index (χ0v) is 16.6. The average molecular weight is 406 g/mol. The smallest absolute Gasteiger partial charge is 0.259 e. The van der Waals surface area contributed by atoms with Crippen LogP contribution in [0.15, 0.2) is 17.2 Å². The van der Waals surface area contributed by atoms with Crippen LogP contribution in [0.3, 0.4) is 0 Å². The van der Waals surface area contributed by atoms with Crippen LogP contribution in [0.4, 0.5) is 0 Å². The van der Waals surface area contributed by atoms with Gasteiger partial charge in [0.2, 0.25) is 11.7 Å². The van der Waals surface area contributed by atoms with Gasteiger partial charge in [-0.15, -0.1) is 0 Å². The Balaban J connectivity index is 2.02. The summed E-state index contributed by atoms with van der Waals surface area (Å²) in [5, 5.41) is 3.92. The van der Waals surface area contributed by atoms with Crippen molar-refractivity contribution in [3.8, 4) is 17.2 Å². The molecule has 0 aliphatic carbocycles. The number of nitrogens with one attached hydrogen (secondary N) is 1. The summed E-state index contributed by atoms with van der Waals surface area (Å²) in [6.45, 7) is 0.227. The first kappa shape index (κ1) is 22.0. The normalized spacial score (nSPS) is 14.4. The van der Waals surface area contributed by atoms with Crippen LogP contribution in [0, 0.1) is 0 Å². The van der Waals surface area contributed by atoms with Gasteiger partial charge in [-0.05, 0) is 25.0 Å². The number of carbonyl (C=O) groups is 3. The molecular formula is C19H26N4O6. The quantitative estimate of drug-likeness (QED) is 0.451. The van der Waals surface area contributed by atoms with Crippen LogP contribution in [-0.4, -0.2) is 62.8 Å². The van der Waals surface area contributed by atoms with Gasteiger partial charge in [0.1, 0.15) is 6.54 Å². The number of hydrogen-bond acceptors (Lipinski definition) is 7. The molecule has 1 aromatic carbocycles. The molecule has 0 radical (unpaired) electrons. The molecule has 1 aliphatic heterocycles. The number of rotatable bonds is 9. The van der Waals surface area contributed by atoms with E-state index in [1.807, 2.05) is 0 Å². The lowest BCUT2D eigenvalue weighted by Crippen LogP contribution is -2.39. The number of primary amides is 1. The highest BCUT2D eigenvalue weighted by Crippen LogP contribution is 2.38. The third-order valence-electron chi connectivity index (χ3n) is 4.25. The SMILES string of the molecule is COc1cc(/C=N\NC(=O)CN2CCCCCC2=O)cc(OC)c1OCC(N)=O. The van der Waals surface area contributed by atoms with Crippen molar-refractivity contribution in [2.45, 2.75) is 25.7 Å². The molecule has 0 saturated carbocycles. The summed E-state index contributed by atoms with van der Waals surface area (Å²) in [6, 6.07) is 3.21. The van der Waals surface area contributed by atoms with Crippen LogP contribution in [0.2, 0.25) is 0 Å². The molecule has 1 aromatic rings. The number of hydrogen-bond donors (Lipinski definition) is 2. The van der Waals surface area contributed by atoms with Gasteiger partial charge < -0.3 is 24.8 Å². The van der Waals surface area contributed by atoms with Gasteiger partial charge in [0.15, 0.2) is 18.1 Å². The van der Waals surface area contributed by atoms with Crippen molar-refractivity contribution in [1.29, 1.82) is 0 Å². The van der Waals surface area contributed by atoms with Crippen molar-refractivity contribution < 1.29 is 28.6 Å². The van der Waals surface area contributed by atoms with Crippen molar-refractivity contribution in [2.24, 2.45) is 10.8 Å². The van der Waals surface area contributed by atoms with Crippen LogP contribution in [0.25, 0.3) is 0 Å². The lowest BCUT2D eigenvalue weighted by Gasteiger charge is -2.18. The number of hydrazone groups is 1. The van der Waals surface area contributed by atoms with Crippen molar-refractivity contribution in [2.75, 3.05) is 33.9 Å². The van der Waals surface area contributed by atoms with Gasteiger partial charge in [-0.3, -0.25) is 14.4 Å². The first-order valence-corrected chi connectivity index (χ1v) is 9.21. The van der Waals surface area contributed by atoms with Gasteiger partial charge in [-0.2, -0.15) is 5.10 Å². The molecule has 0 spiro atoms. The van der Waals surface area contributed by atoms with E-state index in [4.69, 9.17) is 19.9 Å². The molecule has 0 bridgehead atoms. The van der Waals surface area contributed by atoms with Gasteiger partial charge in [0.05, 0.1) is 20.4 Å². The Morgan fingerprint density at radius 3 is 2.52 bits per heavy atom. The third kappa shape index (κ3) is 6.66. The summed E-state index contributed by atoms with van der Waals surface area (Å²) in [7, 11) is 2.87. The standard InChI is InChI=1S/C19H26N4O6/c1-27-14-8-13(9-15(28-2)19(14)29-12-16(20)24)10-21-22-17(25)11-23-7-5-3-4-6-18(23)26/h8-10H,3-7,11-12H2,1-2H3,(H2,20,24)(H,22,25)/b21-10-. The predicted octanol–water partition coefficient (Wildman–Crippen LogP) is 0.421. The van der Waals surface area contributed by atoms with Gasteiger partial charge in [0, 0.05) is 18.5 Å². The second kappa shape index (κ2) is 10.9. The predicted molar refractivity (Wildman–Crippen MR) is 105 cm³/mol. The summed E-state index contributed by atoms with van der Waals surface area (Å²) in [6.07, 6.45) is 4.63. The molecule has 1 saturated heterocycles. The molecule has 10 nitrogen and oxygen atoms in total. The highest BCUT2D eigenvalue weighted by atomic mass is 16.5. The van der Waals surface area contributed by atoms with Crippen LogP contribution >= 0.6 is 0 Å². The van der Waals surface area contributed by atoms with Gasteiger partial charge in [-0.25, -0.2) is 5.43 Å².